The van der Waals surface area contributed by atoms with Crippen molar-refractivity contribution >= 4 is 11.8 Å². The lowest BCUT2D eigenvalue weighted by Gasteiger charge is -2.29. The Morgan fingerprint density at radius 2 is 1.79 bits per heavy atom. The van der Waals surface area contributed by atoms with Gasteiger partial charge in [-0.1, -0.05) is 48.5 Å². The molecule has 0 radical (unpaired) electrons. The smallest absolute Gasteiger partial charge is 0.255 e. The van der Waals surface area contributed by atoms with Crippen molar-refractivity contribution in [3.8, 4) is 0 Å². The molecule has 0 saturated heterocycles. The zero-order chi connectivity index (χ0) is 17.1. The lowest BCUT2D eigenvalue weighted by atomic mass is 10.1. The van der Waals surface area contributed by atoms with Gasteiger partial charge >= 0.3 is 0 Å². The first-order chi connectivity index (χ1) is 11.6. The van der Waals surface area contributed by atoms with Gasteiger partial charge in [0.1, 0.15) is 6.04 Å². The van der Waals surface area contributed by atoms with Crippen molar-refractivity contribution < 1.29 is 9.59 Å². The van der Waals surface area contributed by atoms with Crippen molar-refractivity contribution in [2.24, 2.45) is 0 Å². The van der Waals surface area contributed by atoms with Crippen molar-refractivity contribution in [3.05, 3.63) is 71.3 Å². The Morgan fingerprint density at radius 3 is 2.46 bits per heavy atom. The average Bonchev–Trinajstić information content (AvgIpc) is 2.96. The van der Waals surface area contributed by atoms with Crippen molar-refractivity contribution in [1.82, 2.24) is 9.80 Å². The van der Waals surface area contributed by atoms with Crippen LogP contribution in [0.5, 0.6) is 0 Å². The molecule has 1 aliphatic heterocycles. The molecular formula is C20H22N2O2. The molecule has 1 atom stereocenters. The zero-order valence-corrected chi connectivity index (χ0v) is 14.1. The molecule has 0 spiro atoms. The Labute approximate surface area is 142 Å². The van der Waals surface area contributed by atoms with E-state index >= 15 is 0 Å². The molecule has 0 saturated carbocycles. The predicted molar refractivity (Wildman–Crippen MR) is 93.3 cm³/mol. The number of likely N-dealkylation sites (N-methyl/N-ethyl adjacent to an activating group) is 1. The molecule has 2 amide bonds. The number of rotatable bonds is 5. The quantitative estimate of drug-likeness (QED) is 0.849. The number of amides is 2. The molecule has 2 aromatic rings. The van der Waals surface area contributed by atoms with Gasteiger partial charge in [-0.05, 0) is 31.0 Å². The molecule has 4 nitrogen and oxygen atoms in total. The Kier molecular flexibility index (Phi) is 4.65. The highest BCUT2D eigenvalue weighted by Gasteiger charge is 2.35. The Hall–Kier alpha value is -2.62. The molecule has 124 valence electrons. The van der Waals surface area contributed by atoms with E-state index in [-0.39, 0.29) is 11.8 Å². The van der Waals surface area contributed by atoms with Gasteiger partial charge in [0.25, 0.3) is 5.91 Å². The molecule has 2 aromatic carbocycles. The van der Waals surface area contributed by atoms with Crippen LogP contribution in [-0.2, 0) is 17.9 Å². The summed E-state index contributed by atoms with van der Waals surface area (Å²) in [5, 5.41) is 0. The number of carbonyl (C=O) groups excluding carboxylic acids is 2. The molecule has 24 heavy (non-hydrogen) atoms. The number of nitrogens with zero attached hydrogens (tertiary/aromatic N) is 2. The third-order valence-electron chi connectivity index (χ3n) is 4.58. The molecule has 0 fully saturated rings. The summed E-state index contributed by atoms with van der Waals surface area (Å²) in [6.07, 6.45) is 0. The van der Waals surface area contributed by atoms with Crippen LogP contribution in [0.15, 0.2) is 54.6 Å². The first kappa shape index (κ1) is 16.2. The maximum absolute atomic E-state index is 12.9. The first-order valence-electron chi connectivity index (χ1n) is 8.33. The molecule has 0 aliphatic carbocycles. The van der Waals surface area contributed by atoms with Gasteiger partial charge in [-0.15, -0.1) is 0 Å². The highest BCUT2D eigenvalue weighted by atomic mass is 16.2. The lowest BCUT2D eigenvalue weighted by molar-refractivity contribution is -0.136. The van der Waals surface area contributed by atoms with Crippen LogP contribution < -0.4 is 0 Å². The SMILES string of the molecule is CCN(Cc1ccccc1)C(=O)[C@H](C)N1Cc2ccccc2C1=O. The van der Waals surface area contributed by atoms with Crippen LogP contribution in [0.25, 0.3) is 0 Å². The second-order valence-corrected chi connectivity index (χ2v) is 6.10. The van der Waals surface area contributed by atoms with Crippen LogP contribution in [0.2, 0.25) is 0 Å². The molecule has 0 aromatic heterocycles. The van der Waals surface area contributed by atoms with Gasteiger partial charge in [0.15, 0.2) is 0 Å². The van der Waals surface area contributed by atoms with Crippen LogP contribution in [0.4, 0.5) is 0 Å². The van der Waals surface area contributed by atoms with Gasteiger partial charge in [0.2, 0.25) is 5.91 Å². The van der Waals surface area contributed by atoms with E-state index in [0.29, 0.717) is 25.2 Å². The summed E-state index contributed by atoms with van der Waals surface area (Å²) in [5.74, 6) is -0.0651. The monoisotopic (exact) mass is 322 g/mol. The maximum Gasteiger partial charge on any atom is 0.255 e. The number of fused-ring (bicyclic) bond motifs is 1. The van der Waals surface area contributed by atoms with E-state index in [9.17, 15) is 9.59 Å². The fourth-order valence-corrected chi connectivity index (χ4v) is 3.14. The van der Waals surface area contributed by atoms with Crippen LogP contribution >= 0.6 is 0 Å². The maximum atomic E-state index is 12.9. The average molecular weight is 322 g/mol. The number of hydrogen-bond acceptors (Lipinski definition) is 2. The topological polar surface area (TPSA) is 40.6 Å². The summed E-state index contributed by atoms with van der Waals surface area (Å²) in [6.45, 7) is 5.47. The van der Waals surface area contributed by atoms with Crippen LogP contribution in [-0.4, -0.2) is 34.2 Å². The third-order valence-corrected chi connectivity index (χ3v) is 4.58. The van der Waals surface area contributed by atoms with E-state index in [1.54, 1.807) is 9.80 Å². The fourth-order valence-electron chi connectivity index (χ4n) is 3.14. The molecule has 1 heterocycles. The summed E-state index contributed by atoms with van der Waals surface area (Å²) in [7, 11) is 0. The van der Waals surface area contributed by atoms with Crippen LogP contribution in [0.1, 0.15) is 35.3 Å². The minimum absolute atomic E-state index is 0.0116. The van der Waals surface area contributed by atoms with Crippen molar-refractivity contribution in [2.75, 3.05) is 6.54 Å². The summed E-state index contributed by atoms with van der Waals surface area (Å²) in [6, 6.07) is 17.0. The summed E-state index contributed by atoms with van der Waals surface area (Å²) in [5.41, 5.74) is 2.80. The number of carbonyl (C=O) groups is 2. The van der Waals surface area contributed by atoms with Crippen LogP contribution in [0.3, 0.4) is 0 Å². The first-order valence-corrected chi connectivity index (χ1v) is 8.33. The molecule has 0 unspecified atom stereocenters. The largest absolute Gasteiger partial charge is 0.337 e. The minimum Gasteiger partial charge on any atom is -0.337 e. The van der Waals surface area contributed by atoms with Crippen molar-refractivity contribution in [2.45, 2.75) is 33.0 Å². The Morgan fingerprint density at radius 1 is 1.12 bits per heavy atom. The molecule has 4 heteroatoms. The van der Waals surface area contributed by atoms with E-state index in [1.165, 1.54) is 0 Å². The molecule has 0 N–H and O–H groups in total. The lowest BCUT2D eigenvalue weighted by Crippen LogP contribution is -2.47. The fraction of sp³-hybridized carbons (Fsp3) is 0.300. The molecule has 1 aliphatic rings. The molecule has 3 rings (SSSR count). The predicted octanol–water partition coefficient (Wildman–Crippen LogP) is 3.08. The van der Waals surface area contributed by atoms with E-state index in [0.717, 1.165) is 11.1 Å². The van der Waals surface area contributed by atoms with Gasteiger partial charge in [0, 0.05) is 25.2 Å². The summed E-state index contributed by atoms with van der Waals surface area (Å²) >= 11 is 0. The zero-order valence-electron chi connectivity index (χ0n) is 14.1. The third kappa shape index (κ3) is 3.04. The van der Waals surface area contributed by atoms with Crippen molar-refractivity contribution in [3.63, 3.8) is 0 Å². The van der Waals surface area contributed by atoms with Gasteiger partial charge < -0.3 is 9.80 Å². The van der Waals surface area contributed by atoms with Gasteiger partial charge in [-0.2, -0.15) is 0 Å². The normalized spacial score (nSPS) is 14.4. The van der Waals surface area contributed by atoms with Gasteiger partial charge in [-0.25, -0.2) is 0 Å². The highest BCUT2D eigenvalue weighted by molar-refractivity contribution is 6.01. The van der Waals surface area contributed by atoms with Crippen LogP contribution in [0, 0.1) is 0 Å². The van der Waals surface area contributed by atoms with Gasteiger partial charge in [-0.3, -0.25) is 9.59 Å². The van der Waals surface area contributed by atoms with E-state index in [2.05, 4.69) is 0 Å². The number of hydrogen-bond donors (Lipinski definition) is 0. The minimum atomic E-state index is -0.464. The number of benzene rings is 2. The Bertz CT molecular complexity index is 742. The van der Waals surface area contributed by atoms with Crippen molar-refractivity contribution in [1.29, 1.82) is 0 Å². The summed E-state index contributed by atoms with van der Waals surface area (Å²) < 4.78 is 0. The van der Waals surface area contributed by atoms with E-state index in [4.69, 9.17) is 0 Å². The standard InChI is InChI=1S/C20H22N2O2/c1-3-21(13-16-9-5-4-6-10-16)19(23)15(2)22-14-17-11-7-8-12-18(17)20(22)24/h4-12,15H,3,13-14H2,1-2H3/t15-/m0/s1. The summed E-state index contributed by atoms with van der Waals surface area (Å²) in [4.78, 5) is 28.9. The molecular weight excluding hydrogens is 300 g/mol. The molecule has 0 bridgehead atoms. The Balaban J connectivity index is 1.73. The second kappa shape index (κ2) is 6.87. The van der Waals surface area contributed by atoms with Gasteiger partial charge in [0.05, 0.1) is 0 Å². The highest BCUT2D eigenvalue weighted by Crippen LogP contribution is 2.25. The van der Waals surface area contributed by atoms with E-state index in [1.807, 2.05) is 68.4 Å². The second-order valence-electron chi connectivity index (χ2n) is 6.10. The van der Waals surface area contributed by atoms with E-state index < -0.39 is 6.04 Å².